The number of hydrogen-bond donors (Lipinski definition) is 0. The first kappa shape index (κ1) is 23.4. The van der Waals surface area contributed by atoms with Gasteiger partial charge in [-0.1, -0.05) is 12.1 Å². The number of fused-ring (bicyclic) bond motifs is 1. The van der Waals surface area contributed by atoms with E-state index < -0.39 is 0 Å². The Hall–Kier alpha value is -3.23. The standard InChI is InChI=1S/C23H30N4O5/c1-4-32-23(31)17-8-6-11-26(13-17)20(29)14-25(3)19(28)10-12-27-15-24-21-16(2)7-5-9-18(21)22(27)30/h5,7,9,15,17H,4,6,8,10-14H2,1-3H3. The highest BCUT2D eigenvalue weighted by atomic mass is 16.5. The first-order valence-corrected chi connectivity index (χ1v) is 10.9. The van der Waals surface area contributed by atoms with Crippen LogP contribution in [0.5, 0.6) is 0 Å². The summed E-state index contributed by atoms with van der Waals surface area (Å²) in [5, 5.41) is 0.518. The molecule has 1 unspecified atom stereocenters. The van der Waals surface area contributed by atoms with Gasteiger partial charge in [0.25, 0.3) is 5.56 Å². The van der Waals surface area contributed by atoms with Gasteiger partial charge in [-0.25, -0.2) is 4.98 Å². The number of esters is 1. The van der Waals surface area contributed by atoms with E-state index in [0.717, 1.165) is 12.0 Å². The van der Waals surface area contributed by atoms with Gasteiger partial charge in [0.15, 0.2) is 0 Å². The number of carbonyl (C=O) groups excluding carboxylic acids is 3. The van der Waals surface area contributed by atoms with Crippen LogP contribution in [0.1, 0.15) is 31.7 Å². The second-order valence-corrected chi connectivity index (χ2v) is 8.14. The molecule has 1 aromatic carbocycles. The number of likely N-dealkylation sites (N-methyl/N-ethyl adjacent to an activating group) is 1. The lowest BCUT2D eigenvalue weighted by Gasteiger charge is -2.32. The summed E-state index contributed by atoms with van der Waals surface area (Å²) in [5.41, 5.74) is 1.39. The molecule has 0 bridgehead atoms. The summed E-state index contributed by atoms with van der Waals surface area (Å²) in [7, 11) is 1.57. The molecule has 1 aromatic heterocycles. The van der Waals surface area contributed by atoms with Crippen molar-refractivity contribution in [2.45, 2.75) is 39.7 Å². The molecule has 1 aliphatic heterocycles. The molecule has 0 saturated carbocycles. The van der Waals surface area contributed by atoms with E-state index in [1.54, 1.807) is 24.9 Å². The fraction of sp³-hybridized carbons (Fsp3) is 0.522. The molecule has 0 N–H and O–H groups in total. The monoisotopic (exact) mass is 442 g/mol. The highest BCUT2D eigenvalue weighted by molar-refractivity contribution is 5.85. The first-order valence-electron chi connectivity index (χ1n) is 10.9. The van der Waals surface area contributed by atoms with Crippen molar-refractivity contribution in [2.75, 3.05) is 33.3 Å². The van der Waals surface area contributed by atoms with Gasteiger partial charge < -0.3 is 14.5 Å². The highest BCUT2D eigenvalue weighted by Gasteiger charge is 2.30. The number of aromatic nitrogens is 2. The van der Waals surface area contributed by atoms with E-state index in [-0.39, 0.29) is 48.8 Å². The van der Waals surface area contributed by atoms with Crippen LogP contribution in [0.25, 0.3) is 10.9 Å². The number of piperidine rings is 1. The Morgan fingerprint density at radius 3 is 2.81 bits per heavy atom. The number of carbonyl (C=O) groups is 3. The van der Waals surface area contributed by atoms with Gasteiger partial charge in [0.1, 0.15) is 0 Å². The summed E-state index contributed by atoms with van der Waals surface area (Å²) in [6.45, 7) is 4.96. The molecule has 172 valence electrons. The molecule has 1 fully saturated rings. The minimum Gasteiger partial charge on any atom is -0.466 e. The SMILES string of the molecule is CCOC(=O)C1CCCN(C(=O)CN(C)C(=O)CCn2cnc3c(C)cccc3c2=O)C1. The first-order chi connectivity index (χ1) is 15.3. The van der Waals surface area contributed by atoms with Gasteiger partial charge in [0.05, 0.1) is 36.3 Å². The smallest absolute Gasteiger partial charge is 0.310 e. The van der Waals surface area contributed by atoms with Gasteiger partial charge in [-0.15, -0.1) is 0 Å². The maximum absolute atomic E-state index is 12.7. The van der Waals surface area contributed by atoms with Crippen LogP contribution in [0, 0.1) is 12.8 Å². The summed E-state index contributed by atoms with van der Waals surface area (Å²) >= 11 is 0. The predicted molar refractivity (Wildman–Crippen MR) is 119 cm³/mol. The number of amides is 2. The van der Waals surface area contributed by atoms with Crippen molar-refractivity contribution in [1.82, 2.24) is 19.4 Å². The maximum Gasteiger partial charge on any atom is 0.310 e. The Kier molecular flexibility index (Phi) is 7.61. The Morgan fingerprint density at radius 2 is 2.06 bits per heavy atom. The molecule has 1 aliphatic rings. The van der Waals surface area contributed by atoms with Crippen molar-refractivity contribution in [3.63, 3.8) is 0 Å². The molecule has 2 heterocycles. The van der Waals surface area contributed by atoms with Crippen LogP contribution in [0.2, 0.25) is 0 Å². The Balaban J connectivity index is 1.55. The second-order valence-electron chi connectivity index (χ2n) is 8.14. The molecular formula is C23H30N4O5. The number of ether oxygens (including phenoxy) is 1. The van der Waals surface area contributed by atoms with Crippen molar-refractivity contribution in [1.29, 1.82) is 0 Å². The number of hydrogen-bond acceptors (Lipinski definition) is 6. The molecule has 0 spiro atoms. The summed E-state index contributed by atoms with van der Waals surface area (Å²) in [6, 6.07) is 5.43. The lowest BCUT2D eigenvalue weighted by atomic mass is 9.98. The predicted octanol–water partition coefficient (Wildman–Crippen LogP) is 1.36. The van der Waals surface area contributed by atoms with E-state index in [1.807, 2.05) is 19.1 Å². The minimum atomic E-state index is -0.315. The summed E-state index contributed by atoms with van der Waals surface area (Å²) in [5.74, 6) is -1.04. The molecule has 0 radical (unpaired) electrons. The maximum atomic E-state index is 12.7. The van der Waals surface area contributed by atoms with Gasteiger partial charge in [0, 0.05) is 33.1 Å². The number of para-hydroxylation sites is 1. The number of benzene rings is 1. The fourth-order valence-corrected chi connectivity index (χ4v) is 3.95. The number of nitrogens with zero attached hydrogens (tertiary/aromatic N) is 4. The Bertz CT molecular complexity index is 1060. The van der Waals surface area contributed by atoms with Gasteiger partial charge >= 0.3 is 5.97 Å². The van der Waals surface area contributed by atoms with Gasteiger partial charge in [-0.05, 0) is 38.3 Å². The van der Waals surface area contributed by atoms with Crippen LogP contribution in [0.15, 0.2) is 29.3 Å². The van der Waals surface area contributed by atoms with Crippen LogP contribution in [0.3, 0.4) is 0 Å². The molecule has 32 heavy (non-hydrogen) atoms. The summed E-state index contributed by atoms with van der Waals surface area (Å²) < 4.78 is 6.49. The highest BCUT2D eigenvalue weighted by Crippen LogP contribution is 2.18. The van der Waals surface area contributed by atoms with E-state index in [4.69, 9.17) is 4.74 Å². The van der Waals surface area contributed by atoms with Crippen LogP contribution in [0.4, 0.5) is 0 Å². The Morgan fingerprint density at radius 1 is 1.28 bits per heavy atom. The molecule has 2 aromatic rings. The number of rotatable bonds is 7. The van der Waals surface area contributed by atoms with Crippen LogP contribution in [-0.4, -0.2) is 70.4 Å². The van der Waals surface area contributed by atoms with Crippen molar-refractivity contribution in [3.05, 3.63) is 40.4 Å². The van der Waals surface area contributed by atoms with E-state index in [0.29, 0.717) is 37.0 Å². The zero-order chi connectivity index (χ0) is 23.3. The average Bonchev–Trinajstić information content (AvgIpc) is 2.79. The van der Waals surface area contributed by atoms with Crippen LogP contribution >= 0.6 is 0 Å². The fourth-order valence-electron chi connectivity index (χ4n) is 3.95. The average molecular weight is 443 g/mol. The van der Waals surface area contributed by atoms with E-state index in [2.05, 4.69) is 4.98 Å². The zero-order valence-electron chi connectivity index (χ0n) is 18.9. The third-order valence-electron chi connectivity index (χ3n) is 5.81. The lowest BCUT2D eigenvalue weighted by Crippen LogP contribution is -2.47. The molecule has 9 heteroatoms. The molecule has 9 nitrogen and oxygen atoms in total. The second kappa shape index (κ2) is 10.4. The van der Waals surface area contributed by atoms with Crippen LogP contribution < -0.4 is 5.56 Å². The molecule has 0 aliphatic carbocycles. The van der Waals surface area contributed by atoms with Crippen molar-refractivity contribution < 1.29 is 19.1 Å². The number of aryl methyl sites for hydroxylation is 2. The van der Waals surface area contributed by atoms with E-state index >= 15 is 0 Å². The van der Waals surface area contributed by atoms with E-state index in [9.17, 15) is 19.2 Å². The third kappa shape index (κ3) is 5.33. The summed E-state index contributed by atoms with van der Waals surface area (Å²) in [6.07, 6.45) is 2.96. The largest absolute Gasteiger partial charge is 0.466 e. The van der Waals surface area contributed by atoms with Crippen molar-refractivity contribution >= 4 is 28.7 Å². The van der Waals surface area contributed by atoms with Gasteiger partial charge in [-0.3, -0.25) is 23.7 Å². The Labute approximate surface area is 187 Å². The van der Waals surface area contributed by atoms with Crippen molar-refractivity contribution in [3.8, 4) is 0 Å². The van der Waals surface area contributed by atoms with Gasteiger partial charge in [0.2, 0.25) is 11.8 Å². The van der Waals surface area contributed by atoms with Crippen molar-refractivity contribution in [2.24, 2.45) is 5.92 Å². The molecule has 2 amide bonds. The van der Waals surface area contributed by atoms with Crippen LogP contribution in [-0.2, 0) is 25.7 Å². The third-order valence-corrected chi connectivity index (χ3v) is 5.81. The molecular weight excluding hydrogens is 412 g/mol. The minimum absolute atomic E-state index is 0.0710. The quantitative estimate of drug-likeness (QED) is 0.600. The number of likely N-dealkylation sites (tertiary alicyclic amines) is 1. The topological polar surface area (TPSA) is 102 Å². The molecule has 3 rings (SSSR count). The molecule has 1 atom stereocenters. The molecule has 1 saturated heterocycles. The zero-order valence-corrected chi connectivity index (χ0v) is 18.9. The lowest BCUT2D eigenvalue weighted by molar-refractivity contribution is -0.152. The van der Waals surface area contributed by atoms with Gasteiger partial charge in [-0.2, -0.15) is 0 Å². The van der Waals surface area contributed by atoms with E-state index in [1.165, 1.54) is 15.8 Å². The normalized spacial score (nSPS) is 16.1. The summed E-state index contributed by atoms with van der Waals surface area (Å²) in [4.78, 5) is 57.2.